The van der Waals surface area contributed by atoms with E-state index in [4.69, 9.17) is 0 Å². The lowest BCUT2D eigenvalue weighted by atomic mass is 10.0. The summed E-state index contributed by atoms with van der Waals surface area (Å²) in [6.45, 7) is 6.26. The molecule has 1 nitrogen and oxygen atoms in total. The Kier molecular flexibility index (Phi) is 4.24. The van der Waals surface area contributed by atoms with Crippen molar-refractivity contribution in [1.29, 1.82) is 0 Å². The maximum absolute atomic E-state index is 4.05. The molecule has 1 heteroatoms. The van der Waals surface area contributed by atoms with E-state index in [2.05, 4.69) is 91.4 Å². The van der Waals surface area contributed by atoms with Crippen LogP contribution in [0.2, 0.25) is 0 Å². The summed E-state index contributed by atoms with van der Waals surface area (Å²) >= 11 is 0. The van der Waals surface area contributed by atoms with Crippen molar-refractivity contribution in [2.45, 2.75) is 19.8 Å². The number of nitrogens with zero attached hydrogens (tertiary/aromatic N) is 1. The summed E-state index contributed by atoms with van der Waals surface area (Å²) in [6.07, 6.45) is 8.55. The number of allylic oxidation sites excluding steroid dienone is 4. The normalized spacial score (nSPS) is 14.1. The molecule has 1 aliphatic rings. The fourth-order valence-corrected chi connectivity index (χ4v) is 2.76. The third-order valence-electron chi connectivity index (χ3n) is 3.84. The van der Waals surface area contributed by atoms with Crippen LogP contribution in [0.15, 0.2) is 90.8 Å². The Morgan fingerprint density at radius 1 is 0.955 bits per heavy atom. The lowest BCUT2D eigenvalue weighted by molar-refractivity contribution is 0.868. The van der Waals surface area contributed by atoms with Crippen LogP contribution in [-0.4, -0.2) is 0 Å². The Balaban J connectivity index is 1.96. The van der Waals surface area contributed by atoms with Gasteiger partial charge >= 0.3 is 0 Å². The Bertz CT molecular complexity index is 723. The molecule has 0 spiro atoms. The largest absolute Gasteiger partial charge is 0.321 e. The Morgan fingerprint density at radius 3 is 2.50 bits per heavy atom. The first kappa shape index (κ1) is 14.4. The zero-order chi connectivity index (χ0) is 15.4. The van der Waals surface area contributed by atoms with Gasteiger partial charge in [0.25, 0.3) is 0 Å². The smallest absolute Gasteiger partial charge is 0.0458 e. The van der Waals surface area contributed by atoms with Crippen molar-refractivity contribution in [2.75, 3.05) is 4.90 Å². The molecule has 2 aromatic rings. The first-order valence-corrected chi connectivity index (χ1v) is 7.80. The minimum Gasteiger partial charge on any atom is -0.321 e. The molecule has 0 saturated heterocycles. The molecule has 1 aliphatic heterocycles. The van der Waals surface area contributed by atoms with Crippen LogP contribution in [0, 0.1) is 0 Å². The van der Waals surface area contributed by atoms with Gasteiger partial charge in [0.2, 0.25) is 0 Å². The van der Waals surface area contributed by atoms with Crippen LogP contribution in [0.1, 0.15) is 19.8 Å². The van der Waals surface area contributed by atoms with Gasteiger partial charge in [-0.1, -0.05) is 62.4 Å². The Morgan fingerprint density at radius 2 is 1.73 bits per heavy atom. The lowest BCUT2D eigenvalue weighted by Crippen LogP contribution is -2.17. The summed E-state index contributed by atoms with van der Waals surface area (Å²) in [7, 11) is 0. The molecule has 0 N–H and O–H groups in total. The fraction of sp³-hybridized carbons (Fsp3) is 0.143. The molecule has 3 rings (SSSR count). The molecular formula is C21H21N. The van der Waals surface area contributed by atoms with Crippen molar-refractivity contribution in [3.05, 3.63) is 90.8 Å². The van der Waals surface area contributed by atoms with E-state index in [0.717, 1.165) is 18.4 Å². The maximum atomic E-state index is 4.05. The number of hydrogen-bond donors (Lipinski definition) is 0. The van der Waals surface area contributed by atoms with Gasteiger partial charge in [0.15, 0.2) is 0 Å². The molecule has 0 bridgehead atoms. The van der Waals surface area contributed by atoms with E-state index in [1.54, 1.807) is 0 Å². The van der Waals surface area contributed by atoms with Crippen molar-refractivity contribution in [2.24, 2.45) is 0 Å². The van der Waals surface area contributed by atoms with Gasteiger partial charge in [0.05, 0.1) is 0 Å². The molecule has 0 unspecified atom stereocenters. The summed E-state index contributed by atoms with van der Waals surface area (Å²) in [6, 6.07) is 19.2. The predicted octanol–water partition coefficient (Wildman–Crippen LogP) is 5.93. The number of rotatable bonds is 4. The predicted molar refractivity (Wildman–Crippen MR) is 95.6 cm³/mol. The molecule has 0 aliphatic carbocycles. The van der Waals surface area contributed by atoms with Gasteiger partial charge in [-0.05, 0) is 47.4 Å². The van der Waals surface area contributed by atoms with Crippen molar-refractivity contribution in [3.8, 4) is 11.1 Å². The standard InChI is InChI=1S/C21H21N/c1-3-8-20-15-17(2)13-14-22(20)21-12-7-11-19(16-21)18-9-5-4-6-10-18/h4-7,9-16H,2-3,8H2,1H3. The topological polar surface area (TPSA) is 3.24 Å². The highest BCUT2D eigenvalue weighted by Gasteiger charge is 2.13. The molecular weight excluding hydrogens is 266 g/mol. The Labute approximate surface area is 132 Å². The SMILES string of the molecule is C=C1C=CN(c2cccc(-c3ccccc3)c2)C(CCC)=C1. The van der Waals surface area contributed by atoms with Gasteiger partial charge in [0.1, 0.15) is 0 Å². The molecule has 1 heterocycles. The molecule has 110 valence electrons. The molecule has 0 fully saturated rings. The van der Waals surface area contributed by atoms with E-state index in [1.165, 1.54) is 22.5 Å². The summed E-state index contributed by atoms with van der Waals surface area (Å²) < 4.78 is 0. The van der Waals surface area contributed by atoms with Gasteiger partial charge in [-0.2, -0.15) is 0 Å². The number of benzene rings is 2. The molecule has 0 atom stereocenters. The molecule has 0 radical (unpaired) electrons. The van der Waals surface area contributed by atoms with Crippen molar-refractivity contribution >= 4 is 5.69 Å². The minimum atomic E-state index is 1.05. The second-order valence-corrected chi connectivity index (χ2v) is 5.56. The van der Waals surface area contributed by atoms with Crippen molar-refractivity contribution < 1.29 is 0 Å². The second-order valence-electron chi connectivity index (χ2n) is 5.56. The lowest BCUT2D eigenvalue weighted by Gasteiger charge is -2.27. The fourth-order valence-electron chi connectivity index (χ4n) is 2.76. The first-order chi connectivity index (χ1) is 10.8. The highest BCUT2D eigenvalue weighted by molar-refractivity contribution is 5.71. The zero-order valence-corrected chi connectivity index (χ0v) is 13.0. The minimum absolute atomic E-state index is 1.05. The summed E-state index contributed by atoms with van der Waals surface area (Å²) in [4.78, 5) is 2.27. The van der Waals surface area contributed by atoms with Crippen LogP contribution in [0.5, 0.6) is 0 Å². The summed E-state index contributed by atoms with van der Waals surface area (Å²) in [5, 5.41) is 0. The van der Waals surface area contributed by atoms with Crippen molar-refractivity contribution in [1.82, 2.24) is 0 Å². The van der Waals surface area contributed by atoms with Gasteiger partial charge in [0, 0.05) is 17.6 Å². The van der Waals surface area contributed by atoms with Crippen LogP contribution >= 0.6 is 0 Å². The zero-order valence-electron chi connectivity index (χ0n) is 13.0. The van der Waals surface area contributed by atoms with Gasteiger partial charge in [-0.3, -0.25) is 0 Å². The number of anilines is 1. The monoisotopic (exact) mass is 287 g/mol. The van der Waals surface area contributed by atoms with E-state index < -0.39 is 0 Å². The van der Waals surface area contributed by atoms with E-state index in [0.29, 0.717) is 0 Å². The average molecular weight is 287 g/mol. The van der Waals surface area contributed by atoms with Gasteiger partial charge < -0.3 is 4.90 Å². The van der Waals surface area contributed by atoms with Gasteiger partial charge in [-0.25, -0.2) is 0 Å². The summed E-state index contributed by atoms with van der Waals surface area (Å²) in [5.74, 6) is 0. The average Bonchev–Trinajstić information content (AvgIpc) is 2.56. The molecule has 0 saturated carbocycles. The summed E-state index contributed by atoms with van der Waals surface area (Å²) in [5.41, 5.74) is 6.06. The van der Waals surface area contributed by atoms with E-state index >= 15 is 0 Å². The van der Waals surface area contributed by atoms with Crippen LogP contribution in [0.4, 0.5) is 5.69 Å². The second kappa shape index (κ2) is 6.48. The van der Waals surface area contributed by atoms with Crippen molar-refractivity contribution in [3.63, 3.8) is 0 Å². The number of hydrogen-bond acceptors (Lipinski definition) is 1. The molecule has 0 amide bonds. The van der Waals surface area contributed by atoms with Crippen LogP contribution in [0.3, 0.4) is 0 Å². The quantitative estimate of drug-likeness (QED) is 0.674. The van der Waals surface area contributed by atoms with Crippen LogP contribution < -0.4 is 4.90 Å². The van der Waals surface area contributed by atoms with Crippen LogP contribution in [-0.2, 0) is 0 Å². The highest BCUT2D eigenvalue weighted by atomic mass is 15.1. The third-order valence-corrected chi connectivity index (χ3v) is 3.84. The molecule has 0 aromatic heterocycles. The highest BCUT2D eigenvalue weighted by Crippen LogP contribution is 2.30. The van der Waals surface area contributed by atoms with E-state index in [9.17, 15) is 0 Å². The molecule has 2 aromatic carbocycles. The third kappa shape index (κ3) is 3.04. The first-order valence-electron chi connectivity index (χ1n) is 7.80. The molecule has 22 heavy (non-hydrogen) atoms. The Hall–Kier alpha value is -2.54. The van der Waals surface area contributed by atoms with E-state index in [1.807, 2.05) is 0 Å². The van der Waals surface area contributed by atoms with E-state index in [-0.39, 0.29) is 0 Å². The van der Waals surface area contributed by atoms with Gasteiger partial charge in [-0.15, -0.1) is 0 Å². The maximum Gasteiger partial charge on any atom is 0.0458 e. The van der Waals surface area contributed by atoms with Crippen LogP contribution in [0.25, 0.3) is 11.1 Å².